The van der Waals surface area contributed by atoms with Crippen LogP contribution >= 0.6 is 0 Å². The zero-order chi connectivity index (χ0) is 22.3. The summed E-state index contributed by atoms with van der Waals surface area (Å²) in [7, 11) is 0. The van der Waals surface area contributed by atoms with Gasteiger partial charge in [-0.1, -0.05) is 0 Å². The highest BCUT2D eigenvalue weighted by Crippen LogP contribution is 1.94. The van der Waals surface area contributed by atoms with Crippen LogP contribution in [0.1, 0.15) is 26.7 Å². The summed E-state index contributed by atoms with van der Waals surface area (Å²) in [5, 5.41) is 2.67. The second-order valence-electron chi connectivity index (χ2n) is 6.27. The predicted molar refractivity (Wildman–Crippen MR) is 109 cm³/mol. The Labute approximate surface area is 178 Å². The first-order chi connectivity index (χ1) is 14.6. The monoisotopic (exact) mass is 435 g/mol. The summed E-state index contributed by atoms with van der Waals surface area (Å²) in [6.07, 6.45) is 0.994. The number of amides is 1. The maximum atomic E-state index is 11.7. The zero-order valence-electron chi connectivity index (χ0n) is 18.3. The molecule has 0 radical (unpaired) electrons. The molecule has 0 atom stereocenters. The molecule has 0 aromatic heterocycles. The number of hydrogen-bond donors (Lipinski definition) is 1. The molecule has 0 saturated heterocycles. The van der Waals surface area contributed by atoms with Gasteiger partial charge in [-0.05, 0) is 20.3 Å². The molecule has 0 spiro atoms. The van der Waals surface area contributed by atoms with Crippen molar-refractivity contribution in [2.45, 2.75) is 26.7 Å². The van der Waals surface area contributed by atoms with E-state index in [9.17, 15) is 14.4 Å². The predicted octanol–water partition coefficient (Wildman–Crippen LogP) is 0.160. The highest BCUT2D eigenvalue weighted by molar-refractivity contribution is 5.79. The molecular weight excluding hydrogens is 398 g/mol. The molecule has 10 nitrogen and oxygen atoms in total. The fourth-order valence-electron chi connectivity index (χ4n) is 2.03. The Morgan fingerprint density at radius 1 is 0.667 bits per heavy atom. The Hall–Kier alpha value is -1.43. The van der Waals surface area contributed by atoms with Crippen LogP contribution in [0, 0.1) is 0 Å². The van der Waals surface area contributed by atoms with Gasteiger partial charge in [0.2, 0.25) is 5.91 Å². The SMILES string of the molecule is CCOCCOCC(=O)NCCOCCOCC(=O)CCCOCCOCC(C)=O. The van der Waals surface area contributed by atoms with Gasteiger partial charge in [-0.2, -0.15) is 0 Å². The number of nitrogens with one attached hydrogen (secondary N) is 1. The second-order valence-corrected chi connectivity index (χ2v) is 6.27. The van der Waals surface area contributed by atoms with Gasteiger partial charge in [0.05, 0.1) is 46.2 Å². The number of carbonyl (C=O) groups is 3. The van der Waals surface area contributed by atoms with E-state index in [1.54, 1.807) is 0 Å². The summed E-state index contributed by atoms with van der Waals surface area (Å²) < 4.78 is 31.2. The molecule has 0 aliphatic carbocycles. The van der Waals surface area contributed by atoms with Crippen molar-refractivity contribution in [2.75, 3.05) is 85.8 Å². The number of hydrogen-bond acceptors (Lipinski definition) is 9. The maximum Gasteiger partial charge on any atom is 0.246 e. The molecule has 0 aromatic rings. The van der Waals surface area contributed by atoms with Crippen LogP contribution in [0.4, 0.5) is 0 Å². The minimum Gasteiger partial charge on any atom is -0.379 e. The lowest BCUT2D eigenvalue weighted by Crippen LogP contribution is -2.31. The molecule has 0 aromatic carbocycles. The highest BCUT2D eigenvalue weighted by atomic mass is 16.5. The molecule has 1 N–H and O–H groups in total. The number of ether oxygens (including phenoxy) is 6. The first kappa shape index (κ1) is 28.6. The van der Waals surface area contributed by atoms with Gasteiger partial charge in [0, 0.05) is 26.2 Å². The van der Waals surface area contributed by atoms with Crippen LogP contribution in [0.15, 0.2) is 0 Å². The fraction of sp³-hybridized carbons (Fsp3) is 0.850. The molecule has 1 amide bonds. The highest BCUT2D eigenvalue weighted by Gasteiger charge is 2.03. The minimum atomic E-state index is -0.204. The first-order valence-electron chi connectivity index (χ1n) is 10.3. The molecular formula is C20H37NO9. The largest absolute Gasteiger partial charge is 0.379 e. The van der Waals surface area contributed by atoms with Crippen molar-refractivity contribution in [3.63, 3.8) is 0 Å². The van der Waals surface area contributed by atoms with Gasteiger partial charge in [-0.15, -0.1) is 0 Å². The minimum absolute atomic E-state index is 0.00281. The van der Waals surface area contributed by atoms with Crippen LogP contribution in [0.2, 0.25) is 0 Å². The Balaban J connectivity index is 3.27. The van der Waals surface area contributed by atoms with Gasteiger partial charge in [0.25, 0.3) is 0 Å². The first-order valence-corrected chi connectivity index (χ1v) is 10.3. The van der Waals surface area contributed by atoms with Crippen molar-refractivity contribution >= 4 is 17.5 Å². The smallest absolute Gasteiger partial charge is 0.246 e. The Morgan fingerprint density at radius 3 is 1.90 bits per heavy atom. The lowest BCUT2D eigenvalue weighted by Gasteiger charge is -2.08. The van der Waals surface area contributed by atoms with Crippen LogP contribution in [-0.4, -0.2) is 103 Å². The molecule has 0 bridgehead atoms. The summed E-state index contributed by atoms with van der Waals surface area (Å²) in [5.41, 5.74) is 0. The summed E-state index contributed by atoms with van der Waals surface area (Å²) >= 11 is 0. The van der Waals surface area contributed by atoms with Crippen molar-refractivity contribution in [1.29, 1.82) is 0 Å². The summed E-state index contributed by atoms with van der Waals surface area (Å²) in [6.45, 7) is 7.60. The molecule has 0 fully saturated rings. The van der Waals surface area contributed by atoms with Gasteiger partial charge in [0.15, 0.2) is 11.6 Å². The number of Topliss-reactive ketones (excluding diaryl/α,β-unsaturated/α-hetero) is 2. The fourth-order valence-corrected chi connectivity index (χ4v) is 2.03. The average Bonchev–Trinajstić information content (AvgIpc) is 2.71. The van der Waals surface area contributed by atoms with E-state index in [0.717, 1.165) is 0 Å². The van der Waals surface area contributed by atoms with Crippen molar-refractivity contribution in [1.82, 2.24) is 5.32 Å². The summed E-state index contributed by atoms with van der Waals surface area (Å²) in [5.74, 6) is -0.222. The lowest BCUT2D eigenvalue weighted by molar-refractivity contribution is -0.127. The molecule has 30 heavy (non-hydrogen) atoms. The molecule has 0 rings (SSSR count). The summed E-state index contributed by atoms with van der Waals surface area (Å²) in [6, 6.07) is 0. The van der Waals surface area contributed by atoms with Crippen LogP contribution in [-0.2, 0) is 42.8 Å². The van der Waals surface area contributed by atoms with E-state index >= 15 is 0 Å². The Morgan fingerprint density at radius 2 is 1.23 bits per heavy atom. The van der Waals surface area contributed by atoms with E-state index in [2.05, 4.69) is 5.32 Å². The van der Waals surface area contributed by atoms with Crippen LogP contribution < -0.4 is 5.32 Å². The van der Waals surface area contributed by atoms with E-state index < -0.39 is 0 Å². The zero-order valence-corrected chi connectivity index (χ0v) is 18.3. The van der Waals surface area contributed by atoms with E-state index in [4.69, 9.17) is 28.4 Å². The standard InChI is InChI=1S/C20H37NO9/c1-3-25-9-12-30-17-20(24)21-6-8-27-11-14-29-16-19(23)5-4-7-26-10-13-28-15-18(2)22/h3-17H2,1-2H3,(H,21,24). The van der Waals surface area contributed by atoms with Gasteiger partial charge in [0.1, 0.15) is 19.8 Å². The third-order valence-corrected chi connectivity index (χ3v) is 3.43. The van der Waals surface area contributed by atoms with Gasteiger partial charge in [-0.3, -0.25) is 14.4 Å². The molecule has 0 unspecified atom stereocenters. The van der Waals surface area contributed by atoms with E-state index in [1.807, 2.05) is 6.92 Å². The van der Waals surface area contributed by atoms with E-state index in [-0.39, 0.29) is 37.3 Å². The molecule has 0 aliphatic rings. The third kappa shape index (κ3) is 22.9. The Kier molecular flexibility index (Phi) is 21.2. The van der Waals surface area contributed by atoms with Crippen LogP contribution in [0.25, 0.3) is 0 Å². The second kappa shape index (κ2) is 22.3. The van der Waals surface area contributed by atoms with Gasteiger partial charge >= 0.3 is 0 Å². The van der Waals surface area contributed by atoms with Crippen molar-refractivity contribution < 1.29 is 42.8 Å². The van der Waals surface area contributed by atoms with E-state index in [1.165, 1.54) is 6.92 Å². The molecule has 0 saturated carbocycles. The van der Waals surface area contributed by atoms with Crippen molar-refractivity contribution in [3.05, 3.63) is 0 Å². The van der Waals surface area contributed by atoms with E-state index in [0.29, 0.717) is 78.8 Å². The number of carbonyl (C=O) groups excluding carboxylic acids is 3. The molecule has 10 heteroatoms. The van der Waals surface area contributed by atoms with Crippen molar-refractivity contribution in [2.24, 2.45) is 0 Å². The number of rotatable bonds is 23. The Bertz CT molecular complexity index is 446. The topological polar surface area (TPSA) is 119 Å². The van der Waals surface area contributed by atoms with Gasteiger partial charge in [-0.25, -0.2) is 0 Å². The average molecular weight is 436 g/mol. The normalized spacial score (nSPS) is 10.9. The quantitative estimate of drug-likeness (QED) is 0.224. The third-order valence-electron chi connectivity index (χ3n) is 3.43. The molecule has 0 heterocycles. The molecule has 176 valence electrons. The maximum absolute atomic E-state index is 11.7. The lowest BCUT2D eigenvalue weighted by atomic mass is 10.2. The van der Waals surface area contributed by atoms with Crippen LogP contribution in [0.5, 0.6) is 0 Å². The van der Waals surface area contributed by atoms with Crippen LogP contribution in [0.3, 0.4) is 0 Å². The molecule has 0 aliphatic heterocycles. The van der Waals surface area contributed by atoms with Crippen molar-refractivity contribution in [3.8, 4) is 0 Å². The number of ketones is 2. The summed E-state index contributed by atoms with van der Waals surface area (Å²) in [4.78, 5) is 33.8. The van der Waals surface area contributed by atoms with Gasteiger partial charge < -0.3 is 33.7 Å².